The number of aromatic nitrogens is 2. The van der Waals surface area contributed by atoms with Crippen LogP contribution in [0.25, 0.3) is 44.9 Å². The molecule has 0 saturated carbocycles. The van der Waals surface area contributed by atoms with Crippen molar-refractivity contribution in [2.24, 2.45) is 0 Å². The highest BCUT2D eigenvalue weighted by molar-refractivity contribution is 7.80. The summed E-state index contributed by atoms with van der Waals surface area (Å²) in [5, 5.41) is 3.67. The molecule has 0 amide bonds. The predicted molar refractivity (Wildman–Crippen MR) is 197 cm³/mol. The third-order valence-corrected chi connectivity index (χ3v) is 11.7. The standard InChI is InChI=1S/C43H28F5N2OP/c1-26-24-33-31(22-23-51-33)34(42(26)52(29-18-10-4-11-19-29)30-20-12-5-13-21-30)43-49-40(27-14-6-2-7-15-27)41(28-16-8-3-9-17-28)50(43)25-32-35(44)37(46)39(48)38(47)36(32)45/h2-24H,25H2,1H3. The second-order valence-electron chi connectivity index (χ2n) is 12.3. The monoisotopic (exact) mass is 714 g/mol. The third kappa shape index (κ3) is 5.69. The molecule has 2 heterocycles. The van der Waals surface area contributed by atoms with Gasteiger partial charge in [-0.25, -0.2) is 26.9 Å². The van der Waals surface area contributed by atoms with Crippen molar-refractivity contribution in [1.82, 2.24) is 9.55 Å². The summed E-state index contributed by atoms with van der Waals surface area (Å²) in [5.74, 6) is -9.74. The minimum absolute atomic E-state index is 0.283. The number of aryl methyl sites for hydroxylation is 1. The minimum atomic E-state index is -2.21. The molecular weight excluding hydrogens is 686 g/mol. The van der Waals surface area contributed by atoms with Crippen molar-refractivity contribution in [3.8, 4) is 33.9 Å². The molecule has 8 rings (SSSR count). The molecule has 0 N–H and O–H groups in total. The number of imidazole rings is 1. The summed E-state index contributed by atoms with van der Waals surface area (Å²) in [6.07, 6.45) is 1.57. The van der Waals surface area contributed by atoms with Crippen LogP contribution in [0.1, 0.15) is 11.1 Å². The average molecular weight is 715 g/mol. The van der Waals surface area contributed by atoms with Gasteiger partial charge < -0.3 is 8.98 Å². The summed E-state index contributed by atoms with van der Waals surface area (Å²) in [4.78, 5) is 5.27. The van der Waals surface area contributed by atoms with Crippen LogP contribution in [0.5, 0.6) is 0 Å². The van der Waals surface area contributed by atoms with Gasteiger partial charge in [0.15, 0.2) is 23.3 Å². The Hall–Kier alpha value is -5.85. The van der Waals surface area contributed by atoms with Crippen LogP contribution in [0.4, 0.5) is 22.0 Å². The summed E-state index contributed by atoms with van der Waals surface area (Å²) < 4.78 is 82.7. The summed E-state index contributed by atoms with van der Waals surface area (Å²) in [7, 11) is -1.29. The van der Waals surface area contributed by atoms with Crippen LogP contribution >= 0.6 is 7.92 Å². The molecule has 0 aliphatic heterocycles. The van der Waals surface area contributed by atoms with Gasteiger partial charge in [-0.15, -0.1) is 0 Å². The van der Waals surface area contributed by atoms with Gasteiger partial charge in [0.25, 0.3) is 0 Å². The van der Waals surface area contributed by atoms with Gasteiger partial charge in [0.1, 0.15) is 11.4 Å². The first-order chi connectivity index (χ1) is 25.3. The van der Waals surface area contributed by atoms with Gasteiger partial charge in [-0.3, -0.25) is 0 Å². The molecule has 9 heteroatoms. The number of hydrogen-bond donors (Lipinski definition) is 0. The van der Waals surface area contributed by atoms with Crippen LogP contribution in [-0.2, 0) is 6.54 Å². The minimum Gasteiger partial charge on any atom is -0.464 e. The van der Waals surface area contributed by atoms with Gasteiger partial charge >= 0.3 is 0 Å². The zero-order valence-corrected chi connectivity index (χ0v) is 28.5. The van der Waals surface area contributed by atoms with E-state index in [1.54, 1.807) is 10.8 Å². The average Bonchev–Trinajstić information content (AvgIpc) is 3.81. The zero-order valence-electron chi connectivity index (χ0n) is 27.6. The SMILES string of the molecule is Cc1cc2occc2c(-c2nc(-c3ccccc3)c(-c3ccccc3)n2Cc2c(F)c(F)c(F)c(F)c2F)c1P(c1ccccc1)c1ccccc1. The maximum absolute atomic E-state index is 15.6. The summed E-state index contributed by atoms with van der Waals surface area (Å²) >= 11 is 0. The molecule has 8 aromatic rings. The molecule has 2 aromatic heterocycles. The number of furan rings is 1. The first-order valence-corrected chi connectivity index (χ1v) is 17.8. The molecule has 0 unspecified atom stereocenters. The Bertz CT molecular complexity index is 2490. The lowest BCUT2D eigenvalue weighted by Crippen LogP contribution is -2.25. The number of nitrogens with zero attached hydrogens (tertiary/aromatic N) is 2. The molecular formula is C43H28F5N2OP. The first kappa shape index (κ1) is 33.3. The van der Waals surface area contributed by atoms with Crippen LogP contribution in [-0.4, -0.2) is 9.55 Å². The lowest BCUT2D eigenvalue weighted by Gasteiger charge is -2.25. The molecule has 0 spiro atoms. The van der Waals surface area contributed by atoms with Crippen molar-refractivity contribution in [2.45, 2.75) is 13.5 Å². The highest BCUT2D eigenvalue weighted by atomic mass is 31.1. The molecule has 256 valence electrons. The van der Waals surface area contributed by atoms with Crippen LogP contribution in [0.15, 0.2) is 144 Å². The second kappa shape index (κ2) is 13.7. The Morgan fingerprint density at radius 1 is 0.615 bits per heavy atom. The number of benzene rings is 6. The molecule has 3 nitrogen and oxygen atoms in total. The molecule has 0 fully saturated rings. The topological polar surface area (TPSA) is 31.0 Å². The summed E-state index contributed by atoms with van der Waals surface area (Å²) in [5.41, 5.74) is 3.34. The predicted octanol–water partition coefficient (Wildman–Crippen LogP) is 10.4. The largest absolute Gasteiger partial charge is 0.464 e. The van der Waals surface area contributed by atoms with Crippen LogP contribution in [0.3, 0.4) is 0 Å². The van der Waals surface area contributed by atoms with Crippen molar-refractivity contribution >= 4 is 34.8 Å². The highest BCUT2D eigenvalue weighted by Crippen LogP contribution is 2.45. The fourth-order valence-electron chi connectivity index (χ4n) is 6.74. The Kier molecular flexibility index (Phi) is 8.77. The Labute approximate surface area is 297 Å². The van der Waals surface area contributed by atoms with Crippen molar-refractivity contribution < 1.29 is 26.4 Å². The van der Waals surface area contributed by atoms with E-state index in [0.29, 0.717) is 39.0 Å². The number of fused-ring (bicyclic) bond motifs is 1. The van der Waals surface area contributed by atoms with Crippen molar-refractivity contribution in [3.05, 3.63) is 180 Å². The lowest BCUT2D eigenvalue weighted by atomic mass is 10.0. The molecule has 0 bridgehead atoms. The number of hydrogen-bond acceptors (Lipinski definition) is 2. The summed E-state index contributed by atoms with van der Waals surface area (Å²) in [6, 6.07) is 42.2. The smallest absolute Gasteiger partial charge is 0.200 e. The van der Waals surface area contributed by atoms with Crippen LogP contribution < -0.4 is 15.9 Å². The van der Waals surface area contributed by atoms with Gasteiger partial charge in [-0.05, 0) is 48.5 Å². The number of halogens is 5. The van der Waals surface area contributed by atoms with Gasteiger partial charge in [0.05, 0.1) is 24.2 Å². The van der Waals surface area contributed by atoms with E-state index in [2.05, 4.69) is 24.3 Å². The lowest BCUT2D eigenvalue weighted by molar-refractivity contribution is 0.368. The number of rotatable bonds is 8. The van der Waals surface area contributed by atoms with Crippen LogP contribution in [0.2, 0.25) is 0 Å². The molecule has 0 radical (unpaired) electrons. The van der Waals surface area contributed by atoms with Crippen molar-refractivity contribution in [2.75, 3.05) is 0 Å². The van der Waals surface area contributed by atoms with Gasteiger partial charge in [-0.1, -0.05) is 121 Å². The third-order valence-electron chi connectivity index (χ3n) is 9.08. The fraction of sp³-hybridized carbons (Fsp3) is 0.0465. The van der Waals surface area contributed by atoms with Gasteiger partial charge in [0.2, 0.25) is 5.82 Å². The van der Waals surface area contributed by atoms with Crippen molar-refractivity contribution in [3.63, 3.8) is 0 Å². The molecule has 6 aromatic carbocycles. The van der Waals surface area contributed by atoms with E-state index < -0.39 is 49.1 Å². The molecule has 0 aliphatic rings. The molecule has 0 aliphatic carbocycles. The Morgan fingerprint density at radius 3 is 1.67 bits per heavy atom. The van der Waals surface area contributed by atoms with E-state index in [-0.39, 0.29) is 5.82 Å². The van der Waals surface area contributed by atoms with E-state index >= 15 is 8.78 Å². The van der Waals surface area contributed by atoms with E-state index in [1.165, 1.54) is 0 Å². The Morgan fingerprint density at radius 2 is 1.12 bits per heavy atom. The zero-order chi connectivity index (χ0) is 35.9. The van der Waals surface area contributed by atoms with Crippen molar-refractivity contribution in [1.29, 1.82) is 0 Å². The maximum Gasteiger partial charge on any atom is 0.200 e. The maximum atomic E-state index is 15.6. The highest BCUT2D eigenvalue weighted by Gasteiger charge is 2.32. The van der Waals surface area contributed by atoms with Crippen LogP contribution in [0, 0.1) is 36.0 Å². The van der Waals surface area contributed by atoms with Gasteiger partial charge in [-0.2, -0.15) is 0 Å². The molecule has 52 heavy (non-hydrogen) atoms. The Balaban J connectivity index is 1.54. The van der Waals surface area contributed by atoms with E-state index in [9.17, 15) is 13.2 Å². The normalized spacial score (nSPS) is 11.5. The van der Waals surface area contributed by atoms with E-state index in [0.717, 1.165) is 21.5 Å². The fourth-order valence-corrected chi connectivity index (χ4v) is 9.35. The molecule has 0 saturated heterocycles. The quantitative estimate of drug-likeness (QED) is 0.0679. The summed E-state index contributed by atoms with van der Waals surface area (Å²) in [6.45, 7) is 1.27. The second-order valence-corrected chi connectivity index (χ2v) is 14.4. The van der Waals surface area contributed by atoms with E-state index in [1.807, 2.05) is 116 Å². The molecule has 0 atom stereocenters. The first-order valence-electron chi connectivity index (χ1n) is 16.5. The van der Waals surface area contributed by atoms with E-state index in [4.69, 9.17) is 9.40 Å². The van der Waals surface area contributed by atoms with Gasteiger partial charge in [0, 0.05) is 27.6 Å².